The number of carboxylic acids is 1. The van der Waals surface area contributed by atoms with Crippen molar-refractivity contribution in [1.29, 1.82) is 0 Å². The minimum atomic E-state index is -1.01. The van der Waals surface area contributed by atoms with Crippen LogP contribution in [0, 0.1) is 6.92 Å². The Morgan fingerprint density at radius 1 is 1.18 bits per heavy atom. The molecule has 1 aliphatic rings. The van der Waals surface area contributed by atoms with Crippen molar-refractivity contribution in [1.82, 2.24) is 4.98 Å². The topological polar surface area (TPSA) is 91.4 Å². The third-order valence-electron chi connectivity index (χ3n) is 4.91. The van der Waals surface area contributed by atoms with E-state index in [1.54, 1.807) is 20.1 Å². The molecule has 0 saturated carbocycles. The summed E-state index contributed by atoms with van der Waals surface area (Å²) < 4.78 is 5.32. The zero-order chi connectivity index (χ0) is 19.8. The predicted octanol–water partition coefficient (Wildman–Crippen LogP) is 4.19. The van der Waals surface area contributed by atoms with E-state index in [1.807, 2.05) is 42.5 Å². The molecule has 4 rings (SSSR count). The zero-order valence-corrected chi connectivity index (χ0v) is 15.4. The van der Waals surface area contributed by atoms with E-state index >= 15 is 0 Å². The second-order valence-electron chi connectivity index (χ2n) is 6.52. The number of carbonyl (C=O) groups is 2. The quantitative estimate of drug-likeness (QED) is 0.597. The number of carboxylic acid groups (broad SMARTS) is 1. The fourth-order valence-corrected chi connectivity index (χ4v) is 3.45. The molecule has 1 amide bonds. The van der Waals surface area contributed by atoms with Crippen molar-refractivity contribution in [3.8, 4) is 16.9 Å². The normalized spacial score (nSPS) is 14.1. The summed E-state index contributed by atoms with van der Waals surface area (Å²) in [5.74, 6) is -0.507. The van der Waals surface area contributed by atoms with Gasteiger partial charge in [0, 0.05) is 23.1 Å². The zero-order valence-electron chi connectivity index (χ0n) is 15.4. The van der Waals surface area contributed by atoms with Crippen LogP contribution in [0.2, 0.25) is 0 Å². The van der Waals surface area contributed by atoms with Crippen molar-refractivity contribution in [2.24, 2.45) is 0 Å². The monoisotopic (exact) mass is 374 g/mol. The summed E-state index contributed by atoms with van der Waals surface area (Å²) in [6.07, 6.45) is 3.14. The SMILES string of the molecule is COc1cccc(-c2cccc3c2C(=Cc2[nH]cc(C(=O)O)c2C)C(=O)N3)c1. The van der Waals surface area contributed by atoms with Gasteiger partial charge in [-0.1, -0.05) is 24.3 Å². The number of ether oxygens (including phenoxy) is 1. The van der Waals surface area contributed by atoms with Crippen molar-refractivity contribution in [2.45, 2.75) is 6.92 Å². The average molecular weight is 374 g/mol. The van der Waals surface area contributed by atoms with Crippen LogP contribution < -0.4 is 10.1 Å². The molecule has 0 unspecified atom stereocenters. The lowest BCUT2D eigenvalue weighted by Gasteiger charge is -2.10. The van der Waals surface area contributed by atoms with Crippen molar-refractivity contribution < 1.29 is 19.4 Å². The summed E-state index contributed by atoms with van der Waals surface area (Å²) in [6.45, 7) is 1.72. The molecule has 28 heavy (non-hydrogen) atoms. The Morgan fingerprint density at radius 2 is 1.96 bits per heavy atom. The lowest BCUT2D eigenvalue weighted by atomic mass is 9.94. The summed E-state index contributed by atoms with van der Waals surface area (Å²) in [6, 6.07) is 13.3. The molecule has 0 atom stereocenters. The molecule has 0 fully saturated rings. The second kappa shape index (κ2) is 6.74. The van der Waals surface area contributed by atoms with Crippen LogP contribution in [0.4, 0.5) is 5.69 Å². The van der Waals surface area contributed by atoms with Gasteiger partial charge in [-0.2, -0.15) is 0 Å². The van der Waals surface area contributed by atoms with Crippen LogP contribution in [-0.4, -0.2) is 29.1 Å². The van der Waals surface area contributed by atoms with Crippen LogP contribution in [0.3, 0.4) is 0 Å². The van der Waals surface area contributed by atoms with E-state index in [-0.39, 0.29) is 11.5 Å². The van der Waals surface area contributed by atoms with Gasteiger partial charge in [0.2, 0.25) is 0 Å². The molecule has 3 N–H and O–H groups in total. The number of rotatable bonds is 4. The Labute approximate surface area is 161 Å². The maximum atomic E-state index is 12.7. The number of hydrogen-bond donors (Lipinski definition) is 3. The smallest absolute Gasteiger partial charge is 0.337 e. The lowest BCUT2D eigenvalue weighted by molar-refractivity contribution is -0.110. The van der Waals surface area contributed by atoms with Gasteiger partial charge in [-0.25, -0.2) is 4.79 Å². The molecule has 2 heterocycles. The minimum Gasteiger partial charge on any atom is -0.497 e. The number of amides is 1. The van der Waals surface area contributed by atoms with E-state index < -0.39 is 5.97 Å². The predicted molar refractivity (Wildman–Crippen MR) is 107 cm³/mol. The first kappa shape index (κ1) is 17.6. The summed E-state index contributed by atoms with van der Waals surface area (Å²) >= 11 is 0. The van der Waals surface area contributed by atoms with Gasteiger partial charge < -0.3 is 20.1 Å². The molecular formula is C22H18N2O4. The molecule has 6 heteroatoms. The standard InChI is InChI=1S/C22H18N2O4/c1-12-17(22(26)27)11-23-19(12)10-16-20-15(7-4-8-18(20)24-21(16)25)13-5-3-6-14(9-13)28-2/h3-11,23H,1-2H3,(H,24,25)(H,26,27). The van der Waals surface area contributed by atoms with E-state index in [4.69, 9.17) is 4.74 Å². The number of benzene rings is 2. The maximum absolute atomic E-state index is 12.7. The summed E-state index contributed by atoms with van der Waals surface area (Å²) in [4.78, 5) is 26.9. The molecule has 1 aromatic heterocycles. The Balaban J connectivity index is 1.88. The van der Waals surface area contributed by atoms with Crippen LogP contribution >= 0.6 is 0 Å². The Bertz CT molecular complexity index is 1140. The van der Waals surface area contributed by atoms with Gasteiger partial charge in [-0.05, 0) is 47.9 Å². The summed E-state index contributed by atoms with van der Waals surface area (Å²) in [5, 5.41) is 12.1. The van der Waals surface area contributed by atoms with E-state index in [0.717, 1.165) is 28.1 Å². The third kappa shape index (κ3) is 2.85. The molecule has 0 bridgehead atoms. The Morgan fingerprint density at radius 3 is 2.68 bits per heavy atom. The van der Waals surface area contributed by atoms with Gasteiger partial charge in [0.15, 0.2) is 0 Å². The van der Waals surface area contributed by atoms with Gasteiger partial charge in [-0.15, -0.1) is 0 Å². The number of hydrogen-bond acceptors (Lipinski definition) is 3. The third-order valence-corrected chi connectivity index (χ3v) is 4.91. The number of H-pyrrole nitrogens is 1. The molecule has 6 nitrogen and oxygen atoms in total. The minimum absolute atomic E-state index is 0.187. The largest absolute Gasteiger partial charge is 0.497 e. The van der Waals surface area contributed by atoms with Crippen molar-refractivity contribution in [3.05, 3.63) is 71.0 Å². The van der Waals surface area contributed by atoms with Crippen LogP contribution in [0.15, 0.2) is 48.7 Å². The molecule has 0 aliphatic carbocycles. The highest BCUT2D eigenvalue weighted by Crippen LogP contribution is 2.41. The lowest BCUT2D eigenvalue weighted by Crippen LogP contribution is -2.03. The number of fused-ring (bicyclic) bond motifs is 1. The second-order valence-corrected chi connectivity index (χ2v) is 6.52. The van der Waals surface area contributed by atoms with Crippen molar-refractivity contribution in [2.75, 3.05) is 12.4 Å². The number of anilines is 1. The molecule has 2 aromatic carbocycles. The van der Waals surface area contributed by atoms with Gasteiger partial charge in [0.05, 0.1) is 18.2 Å². The number of aromatic carboxylic acids is 1. The van der Waals surface area contributed by atoms with Crippen molar-refractivity contribution >= 4 is 29.2 Å². The van der Waals surface area contributed by atoms with Crippen LogP contribution in [0.25, 0.3) is 22.8 Å². The van der Waals surface area contributed by atoms with Crippen LogP contribution in [0.5, 0.6) is 5.75 Å². The number of nitrogens with one attached hydrogen (secondary N) is 2. The van der Waals surface area contributed by atoms with Gasteiger partial charge in [0.1, 0.15) is 5.75 Å². The summed E-state index contributed by atoms with van der Waals surface area (Å²) in [5.41, 5.74) is 5.17. The fourth-order valence-electron chi connectivity index (χ4n) is 3.45. The highest BCUT2D eigenvalue weighted by Gasteiger charge is 2.28. The van der Waals surface area contributed by atoms with Gasteiger partial charge >= 0.3 is 5.97 Å². The molecule has 0 radical (unpaired) electrons. The number of carbonyl (C=O) groups excluding carboxylic acids is 1. The van der Waals surface area contributed by atoms with E-state index in [1.165, 1.54) is 6.20 Å². The Kier molecular flexibility index (Phi) is 4.24. The molecule has 0 spiro atoms. The molecule has 1 aliphatic heterocycles. The number of aromatic amines is 1. The molecule has 140 valence electrons. The Hall–Kier alpha value is -3.80. The van der Waals surface area contributed by atoms with Gasteiger partial charge in [0.25, 0.3) is 5.91 Å². The van der Waals surface area contributed by atoms with Crippen molar-refractivity contribution in [3.63, 3.8) is 0 Å². The highest BCUT2D eigenvalue weighted by atomic mass is 16.5. The fraction of sp³-hybridized carbons (Fsp3) is 0.0909. The van der Waals surface area contributed by atoms with Gasteiger partial charge in [-0.3, -0.25) is 4.79 Å². The first-order valence-electron chi connectivity index (χ1n) is 8.71. The van der Waals surface area contributed by atoms with E-state index in [2.05, 4.69) is 10.3 Å². The van der Waals surface area contributed by atoms with Crippen LogP contribution in [-0.2, 0) is 4.79 Å². The highest BCUT2D eigenvalue weighted by molar-refractivity contribution is 6.36. The average Bonchev–Trinajstić information content (AvgIpc) is 3.22. The number of aromatic nitrogens is 1. The first-order chi connectivity index (χ1) is 13.5. The van der Waals surface area contributed by atoms with E-state index in [9.17, 15) is 14.7 Å². The molecular weight excluding hydrogens is 356 g/mol. The molecule has 3 aromatic rings. The summed E-state index contributed by atoms with van der Waals surface area (Å²) in [7, 11) is 1.61. The number of methoxy groups -OCH3 is 1. The maximum Gasteiger partial charge on any atom is 0.337 e. The first-order valence-corrected chi connectivity index (χ1v) is 8.71. The molecule has 0 saturated heterocycles. The van der Waals surface area contributed by atoms with Crippen LogP contribution in [0.1, 0.15) is 27.2 Å². The van der Waals surface area contributed by atoms with E-state index in [0.29, 0.717) is 16.8 Å².